The average Bonchev–Trinajstić information content (AvgIpc) is 2.32. The molecule has 0 aliphatic rings. The first-order valence-electron chi connectivity index (χ1n) is 5.86. The Kier molecular flexibility index (Phi) is 9.04. The van der Waals surface area contributed by atoms with Crippen LogP contribution in [0.4, 0.5) is 0 Å². The van der Waals surface area contributed by atoms with Gasteiger partial charge in [0.1, 0.15) is 0 Å². The van der Waals surface area contributed by atoms with Crippen LogP contribution in [0.3, 0.4) is 0 Å². The zero-order valence-corrected chi connectivity index (χ0v) is 12.0. The molecule has 0 heterocycles. The van der Waals surface area contributed by atoms with Crippen molar-refractivity contribution in [1.82, 2.24) is 0 Å². The van der Waals surface area contributed by atoms with Crippen LogP contribution in [0.2, 0.25) is 0 Å². The number of hydrogen-bond acceptors (Lipinski definition) is 2. The topological polar surface area (TPSA) is 40.5 Å². The molecule has 3 heteroatoms. The predicted molar refractivity (Wildman–Crippen MR) is 75.9 cm³/mol. The first-order valence-corrected chi connectivity index (χ1v) is 6.65. The Morgan fingerprint density at radius 2 is 2.00 bits per heavy atom. The van der Waals surface area contributed by atoms with Crippen LogP contribution in [0.25, 0.3) is 0 Å². The smallest absolute Gasteiger partial charge is 0.0815 e. The highest BCUT2D eigenvalue weighted by Crippen LogP contribution is 2.22. The van der Waals surface area contributed by atoms with E-state index in [1.165, 1.54) is 0 Å². The number of aliphatic hydroxyl groups is 2. The summed E-state index contributed by atoms with van der Waals surface area (Å²) in [5.41, 5.74) is 0.812. The predicted octanol–water partition coefficient (Wildman–Crippen LogP) is 3.84. The lowest BCUT2D eigenvalue weighted by Crippen LogP contribution is -2.11. The second-order valence-corrected chi connectivity index (χ2v) is 4.40. The highest BCUT2D eigenvalue weighted by Gasteiger charge is 2.12. The van der Waals surface area contributed by atoms with E-state index in [0.717, 1.165) is 10.0 Å². The minimum Gasteiger partial charge on any atom is -0.393 e. The van der Waals surface area contributed by atoms with Crippen LogP contribution in [-0.4, -0.2) is 16.3 Å². The van der Waals surface area contributed by atoms with Gasteiger partial charge in [0, 0.05) is 10.9 Å². The fraction of sp³-hybridized carbons (Fsp3) is 0.429. The summed E-state index contributed by atoms with van der Waals surface area (Å²) >= 11 is 3.34. The van der Waals surface area contributed by atoms with Crippen molar-refractivity contribution in [3.8, 4) is 0 Å². The van der Waals surface area contributed by atoms with E-state index < -0.39 is 12.2 Å². The summed E-state index contributed by atoms with van der Waals surface area (Å²) in [4.78, 5) is 0. The summed E-state index contributed by atoms with van der Waals surface area (Å²) in [5.74, 6) is 0. The van der Waals surface area contributed by atoms with E-state index in [1.807, 2.05) is 38.1 Å². The molecule has 1 aromatic rings. The molecule has 0 saturated carbocycles. The standard InChI is InChI=1S/C12H15BrO2.C2H6/c1-2-4-11(14)8-12(15)9-5-3-6-10(13)7-9;1-2/h2-3,5-7,11-12,14-15H,1,4,8H2;1-2H3. The van der Waals surface area contributed by atoms with E-state index >= 15 is 0 Å². The molecule has 1 aromatic carbocycles. The van der Waals surface area contributed by atoms with Crippen molar-refractivity contribution in [1.29, 1.82) is 0 Å². The Hall–Kier alpha value is -0.640. The zero-order valence-electron chi connectivity index (χ0n) is 10.4. The number of halogens is 1. The van der Waals surface area contributed by atoms with Gasteiger partial charge < -0.3 is 10.2 Å². The molecule has 2 N–H and O–H groups in total. The molecular weight excluding hydrogens is 280 g/mol. The van der Waals surface area contributed by atoms with Crippen LogP contribution in [0, 0.1) is 0 Å². The van der Waals surface area contributed by atoms with Crippen molar-refractivity contribution in [2.45, 2.75) is 38.9 Å². The van der Waals surface area contributed by atoms with Gasteiger partial charge in [-0.15, -0.1) is 6.58 Å². The summed E-state index contributed by atoms with van der Waals surface area (Å²) in [6.07, 6.45) is 1.33. The molecule has 96 valence electrons. The number of hydrogen-bond donors (Lipinski definition) is 2. The maximum absolute atomic E-state index is 9.83. The van der Waals surface area contributed by atoms with Gasteiger partial charge in [0.15, 0.2) is 0 Å². The molecular formula is C14H21BrO2. The lowest BCUT2D eigenvalue weighted by Gasteiger charge is -2.14. The molecule has 0 aliphatic heterocycles. The van der Waals surface area contributed by atoms with Crippen molar-refractivity contribution in [2.24, 2.45) is 0 Å². The van der Waals surface area contributed by atoms with E-state index in [1.54, 1.807) is 6.08 Å². The van der Waals surface area contributed by atoms with E-state index in [2.05, 4.69) is 22.5 Å². The minimum atomic E-state index is -0.627. The molecule has 0 amide bonds. The number of rotatable bonds is 5. The summed E-state index contributed by atoms with van der Waals surface area (Å²) in [6, 6.07) is 7.46. The molecule has 0 aliphatic carbocycles. The Labute approximate surface area is 112 Å². The lowest BCUT2D eigenvalue weighted by atomic mass is 10.0. The molecule has 1 rings (SSSR count). The third-order valence-corrected chi connectivity index (χ3v) is 2.66. The molecule has 2 atom stereocenters. The number of aliphatic hydroxyl groups excluding tert-OH is 2. The normalized spacial score (nSPS) is 13.2. The molecule has 2 unspecified atom stereocenters. The van der Waals surface area contributed by atoms with Crippen molar-refractivity contribution in [2.75, 3.05) is 0 Å². The average molecular weight is 301 g/mol. The highest BCUT2D eigenvalue weighted by atomic mass is 79.9. The monoisotopic (exact) mass is 300 g/mol. The summed E-state index contributed by atoms with van der Waals surface area (Å²) in [6.45, 7) is 7.55. The van der Waals surface area contributed by atoms with Gasteiger partial charge >= 0.3 is 0 Å². The SMILES string of the molecule is C=CCC(O)CC(O)c1cccc(Br)c1.CC. The Morgan fingerprint density at radius 1 is 1.35 bits per heavy atom. The molecule has 0 radical (unpaired) electrons. The van der Waals surface area contributed by atoms with Gasteiger partial charge in [0.2, 0.25) is 0 Å². The molecule has 0 aromatic heterocycles. The van der Waals surface area contributed by atoms with Gasteiger partial charge in [0.05, 0.1) is 12.2 Å². The first-order chi connectivity index (χ1) is 8.13. The lowest BCUT2D eigenvalue weighted by molar-refractivity contribution is 0.0822. The maximum Gasteiger partial charge on any atom is 0.0815 e. The largest absolute Gasteiger partial charge is 0.393 e. The summed E-state index contributed by atoms with van der Waals surface area (Å²) in [7, 11) is 0. The second-order valence-electron chi connectivity index (χ2n) is 3.48. The second kappa shape index (κ2) is 9.40. The van der Waals surface area contributed by atoms with Crippen molar-refractivity contribution in [3.05, 3.63) is 47.0 Å². The number of benzene rings is 1. The molecule has 0 saturated heterocycles. The molecule has 0 fully saturated rings. The zero-order chi connectivity index (χ0) is 13.3. The van der Waals surface area contributed by atoms with Gasteiger partial charge in [-0.1, -0.05) is 48.0 Å². The third-order valence-electron chi connectivity index (χ3n) is 2.17. The molecule has 2 nitrogen and oxygen atoms in total. The van der Waals surface area contributed by atoms with E-state index in [-0.39, 0.29) is 0 Å². The fourth-order valence-corrected chi connectivity index (χ4v) is 1.81. The third kappa shape index (κ3) is 6.61. The quantitative estimate of drug-likeness (QED) is 0.811. The summed E-state index contributed by atoms with van der Waals surface area (Å²) < 4.78 is 0.928. The van der Waals surface area contributed by atoms with E-state index in [0.29, 0.717) is 12.8 Å². The van der Waals surface area contributed by atoms with Crippen molar-refractivity contribution < 1.29 is 10.2 Å². The van der Waals surface area contributed by atoms with Gasteiger partial charge in [-0.05, 0) is 24.1 Å². The maximum atomic E-state index is 9.83. The van der Waals surface area contributed by atoms with Gasteiger partial charge in [0.25, 0.3) is 0 Å². The molecule has 0 bridgehead atoms. The fourth-order valence-electron chi connectivity index (χ4n) is 1.40. The van der Waals surface area contributed by atoms with Crippen LogP contribution in [0.1, 0.15) is 38.4 Å². The Bertz CT molecular complexity index is 326. The van der Waals surface area contributed by atoms with Crippen LogP contribution in [0.5, 0.6) is 0 Å². The minimum absolute atomic E-state index is 0.336. The van der Waals surface area contributed by atoms with E-state index in [4.69, 9.17) is 0 Å². The van der Waals surface area contributed by atoms with Crippen LogP contribution in [0.15, 0.2) is 41.4 Å². The van der Waals surface area contributed by atoms with Crippen LogP contribution < -0.4 is 0 Å². The molecule has 0 spiro atoms. The van der Waals surface area contributed by atoms with Gasteiger partial charge in [-0.3, -0.25) is 0 Å². The first kappa shape index (κ1) is 16.4. The van der Waals surface area contributed by atoms with Gasteiger partial charge in [-0.25, -0.2) is 0 Å². The Morgan fingerprint density at radius 3 is 2.53 bits per heavy atom. The van der Waals surface area contributed by atoms with Crippen molar-refractivity contribution in [3.63, 3.8) is 0 Å². The van der Waals surface area contributed by atoms with Crippen LogP contribution in [-0.2, 0) is 0 Å². The van der Waals surface area contributed by atoms with Crippen LogP contribution >= 0.6 is 15.9 Å². The Balaban J connectivity index is 0.00000121. The highest BCUT2D eigenvalue weighted by molar-refractivity contribution is 9.10. The van der Waals surface area contributed by atoms with Crippen molar-refractivity contribution >= 4 is 15.9 Å². The van der Waals surface area contributed by atoms with E-state index in [9.17, 15) is 10.2 Å². The van der Waals surface area contributed by atoms with Gasteiger partial charge in [-0.2, -0.15) is 0 Å². The summed E-state index contributed by atoms with van der Waals surface area (Å²) in [5, 5.41) is 19.3. The molecule has 17 heavy (non-hydrogen) atoms.